The second kappa shape index (κ2) is 7.63. The minimum absolute atomic E-state index is 0.114. The first-order valence-electron chi connectivity index (χ1n) is 8.22. The predicted octanol–water partition coefficient (Wildman–Crippen LogP) is 3.65. The number of nitrogens with one attached hydrogen (secondary N) is 2. The van der Waals surface area contributed by atoms with E-state index in [9.17, 15) is 8.42 Å². The van der Waals surface area contributed by atoms with Gasteiger partial charge in [-0.05, 0) is 67.4 Å². The molecule has 0 bridgehead atoms. The van der Waals surface area contributed by atoms with Crippen molar-refractivity contribution in [2.24, 2.45) is 0 Å². The van der Waals surface area contributed by atoms with Crippen molar-refractivity contribution >= 4 is 27.3 Å². The quantitative estimate of drug-likeness (QED) is 0.674. The van der Waals surface area contributed by atoms with E-state index in [2.05, 4.69) is 20.2 Å². The first kappa shape index (κ1) is 18.7. The first-order valence-corrected chi connectivity index (χ1v) is 9.70. The van der Waals surface area contributed by atoms with Crippen molar-refractivity contribution in [2.45, 2.75) is 18.7 Å². The van der Waals surface area contributed by atoms with Gasteiger partial charge < -0.3 is 10.1 Å². The molecule has 3 aromatic rings. The van der Waals surface area contributed by atoms with Gasteiger partial charge in [0.25, 0.3) is 10.0 Å². The van der Waals surface area contributed by atoms with Gasteiger partial charge in [0.05, 0.1) is 12.0 Å². The van der Waals surface area contributed by atoms with Crippen LogP contribution in [0.5, 0.6) is 5.75 Å². The summed E-state index contributed by atoms with van der Waals surface area (Å²) in [5.41, 5.74) is 3.13. The highest BCUT2D eigenvalue weighted by Gasteiger charge is 2.15. The van der Waals surface area contributed by atoms with Crippen LogP contribution in [-0.4, -0.2) is 25.7 Å². The molecule has 0 radical (unpaired) electrons. The SMILES string of the molecule is COc1ccc(S(=O)(=O)Nc2ccc(Nc3cc(C)ccc3C)nn2)cc1. The number of sulfonamides is 1. The van der Waals surface area contributed by atoms with Gasteiger partial charge >= 0.3 is 0 Å². The van der Waals surface area contributed by atoms with Crippen molar-refractivity contribution in [3.05, 3.63) is 65.7 Å². The summed E-state index contributed by atoms with van der Waals surface area (Å²) in [6, 6.07) is 15.4. The molecule has 0 unspecified atom stereocenters. The highest BCUT2D eigenvalue weighted by molar-refractivity contribution is 7.92. The highest BCUT2D eigenvalue weighted by Crippen LogP contribution is 2.22. The molecule has 1 heterocycles. The fraction of sp³-hybridized carbons (Fsp3) is 0.158. The number of methoxy groups -OCH3 is 1. The largest absolute Gasteiger partial charge is 0.497 e. The van der Waals surface area contributed by atoms with E-state index in [1.807, 2.05) is 32.0 Å². The van der Waals surface area contributed by atoms with E-state index in [0.717, 1.165) is 16.8 Å². The maximum atomic E-state index is 12.4. The Balaban J connectivity index is 1.74. The summed E-state index contributed by atoms with van der Waals surface area (Å²) in [4.78, 5) is 0.114. The summed E-state index contributed by atoms with van der Waals surface area (Å²) in [6.45, 7) is 4.00. The van der Waals surface area contributed by atoms with E-state index in [1.54, 1.807) is 24.3 Å². The van der Waals surface area contributed by atoms with Crippen LogP contribution in [0.2, 0.25) is 0 Å². The number of anilines is 3. The Kier molecular flexibility index (Phi) is 5.27. The number of hydrogen-bond donors (Lipinski definition) is 2. The van der Waals surface area contributed by atoms with E-state index in [1.165, 1.54) is 19.2 Å². The summed E-state index contributed by atoms with van der Waals surface area (Å²) >= 11 is 0. The van der Waals surface area contributed by atoms with Gasteiger partial charge in [0.15, 0.2) is 11.6 Å². The molecule has 27 heavy (non-hydrogen) atoms. The molecule has 0 amide bonds. The van der Waals surface area contributed by atoms with Gasteiger partial charge in [0, 0.05) is 5.69 Å². The molecule has 2 N–H and O–H groups in total. The monoisotopic (exact) mass is 384 g/mol. The molecular formula is C19H20N4O3S. The Labute approximate surface area is 158 Å². The molecule has 8 heteroatoms. The Morgan fingerprint density at radius 1 is 0.889 bits per heavy atom. The lowest BCUT2D eigenvalue weighted by atomic mass is 10.1. The van der Waals surface area contributed by atoms with Crippen LogP contribution in [0.25, 0.3) is 0 Å². The summed E-state index contributed by atoms with van der Waals surface area (Å²) in [5, 5.41) is 11.2. The fourth-order valence-electron chi connectivity index (χ4n) is 2.41. The van der Waals surface area contributed by atoms with Crippen LogP contribution in [0.4, 0.5) is 17.3 Å². The maximum Gasteiger partial charge on any atom is 0.263 e. The van der Waals surface area contributed by atoms with Gasteiger partial charge in [0.1, 0.15) is 5.75 Å². The third-order valence-electron chi connectivity index (χ3n) is 3.93. The molecule has 0 aliphatic carbocycles. The van der Waals surface area contributed by atoms with Crippen LogP contribution in [0, 0.1) is 13.8 Å². The normalized spacial score (nSPS) is 11.1. The Morgan fingerprint density at radius 3 is 2.19 bits per heavy atom. The number of nitrogens with zero attached hydrogens (tertiary/aromatic N) is 2. The van der Waals surface area contributed by atoms with Crippen LogP contribution in [0.1, 0.15) is 11.1 Å². The van der Waals surface area contributed by atoms with Crippen molar-refractivity contribution in [1.29, 1.82) is 0 Å². The number of ether oxygens (including phenoxy) is 1. The predicted molar refractivity (Wildman–Crippen MR) is 105 cm³/mol. The Hall–Kier alpha value is -3.13. The zero-order valence-electron chi connectivity index (χ0n) is 15.2. The molecule has 1 aromatic heterocycles. The number of aromatic nitrogens is 2. The second-order valence-corrected chi connectivity index (χ2v) is 7.71. The van der Waals surface area contributed by atoms with E-state index in [4.69, 9.17) is 4.74 Å². The second-order valence-electron chi connectivity index (χ2n) is 6.03. The van der Waals surface area contributed by atoms with Gasteiger partial charge in [-0.25, -0.2) is 8.42 Å². The molecule has 140 valence electrons. The fourth-order valence-corrected chi connectivity index (χ4v) is 3.41. The number of aryl methyl sites for hydroxylation is 2. The lowest BCUT2D eigenvalue weighted by Gasteiger charge is -2.10. The maximum absolute atomic E-state index is 12.4. The molecule has 3 rings (SSSR count). The molecule has 0 saturated heterocycles. The summed E-state index contributed by atoms with van der Waals surface area (Å²) in [5.74, 6) is 1.24. The smallest absolute Gasteiger partial charge is 0.263 e. The summed E-state index contributed by atoms with van der Waals surface area (Å²) < 4.78 is 32.3. The topological polar surface area (TPSA) is 93.2 Å². The third-order valence-corrected chi connectivity index (χ3v) is 5.30. The van der Waals surface area contributed by atoms with Gasteiger partial charge in [0.2, 0.25) is 0 Å². The zero-order valence-corrected chi connectivity index (χ0v) is 16.0. The Bertz CT molecular complexity index is 1030. The molecule has 0 saturated carbocycles. The molecule has 0 aliphatic rings. The molecular weight excluding hydrogens is 364 g/mol. The van der Waals surface area contributed by atoms with Crippen LogP contribution < -0.4 is 14.8 Å². The molecule has 0 aliphatic heterocycles. The lowest BCUT2D eigenvalue weighted by Crippen LogP contribution is -2.14. The molecule has 2 aromatic carbocycles. The van der Waals surface area contributed by atoms with Crippen molar-refractivity contribution in [3.63, 3.8) is 0 Å². The van der Waals surface area contributed by atoms with E-state index in [-0.39, 0.29) is 10.7 Å². The van der Waals surface area contributed by atoms with Crippen molar-refractivity contribution in [1.82, 2.24) is 10.2 Å². The summed E-state index contributed by atoms with van der Waals surface area (Å²) in [7, 11) is -2.23. The molecule has 0 spiro atoms. The van der Waals surface area contributed by atoms with Crippen LogP contribution >= 0.6 is 0 Å². The first-order chi connectivity index (χ1) is 12.9. The van der Waals surface area contributed by atoms with E-state index < -0.39 is 10.0 Å². The van der Waals surface area contributed by atoms with Gasteiger partial charge in [-0.2, -0.15) is 0 Å². The lowest BCUT2D eigenvalue weighted by molar-refractivity contribution is 0.414. The zero-order chi connectivity index (χ0) is 19.4. The Morgan fingerprint density at radius 2 is 1.56 bits per heavy atom. The van der Waals surface area contributed by atoms with Crippen LogP contribution in [0.3, 0.4) is 0 Å². The minimum atomic E-state index is -3.75. The number of benzene rings is 2. The van der Waals surface area contributed by atoms with Crippen molar-refractivity contribution in [3.8, 4) is 5.75 Å². The summed E-state index contributed by atoms with van der Waals surface area (Å²) in [6.07, 6.45) is 0. The number of rotatable bonds is 6. The van der Waals surface area contributed by atoms with Gasteiger partial charge in [-0.1, -0.05) is 12.1 Å². The van der Waals surface area contributed by atoms with Crippen molar-refractivity contribution < 1.29 is 13.2 Å². The van der Waals surface area contributed by atoms with E-state index >= 15 is 0 Å². The standard InChI is InChI=1S/C19H20N4O3S/c1-13-4-5-14(2)17(12-13)20-18-10-11-19(22-21-18)23-27(24,25)16-8-6-15(26-3)7-9-16/h4-12H,1-3H3,(H,20,21)(H,22,23). The molecule has 0 fully saturated rings. The van der Waals surface area contributed by atoms with Crippen LogP contribution in [-0.2, 0) is 10.0 Å². The third kappa shape index (κ3) is 4.53. The van der Waals surface area contributed by atoms with Crippen LogP contribution in [0.15, 0.2) is 59.5 Å². The molecule has 0 atom stereocenters. The highest BCUT2D eigenvalue weighted by atomic mass is 32.2. The molecule has 7 nitrogen and oxygen atoms in total. The van der Waals surface area contributed by atoms with E-state index in [0.29, 0.717) is 11.6 Å². The van der Waals surface area contributed by atoms with Gasteiger partial charge in [-0.15, -0.1) is 10.2 Å². The average molecular weight is 384 g/mol. The average Bonchev–Trinajstić information content (AvgIpc) is 2.66. The minimum Gasteiger partial charge on any atom is -0.497 e. The number of hydrogen-bond acceptors (Lipinski definition) is 6. The van der Waals surface area contributed by atoms with Crippen molar-refractivity contribution in [2.75, 3.05) is 17.1 Å². The van der Waals surface area contributed by atoms with Gasteiger partial charge in [-0.3, -0.25) is 4.72 Å².